The van der Waals surface area contributed by atoms with Crippen LogP contribution < -0.4 is 22.1 Å². The quantitative estimate of drug-likeness (QED) is 0.581. The third-order valence-electron chi connectivity index (χ3n) is 2.60. The van der Waals surface area contributed by atoms with Crippen molar-refractivity contribution in [1.82, 2.24) is 19.4 Å². The highest BCUT2D eigenvalue weighted by Crippen LogP contribution is 2.06. The molecule has 3 rings (SSSR count). The van der Waals surface area contributed by atoms with E-state index in [1.165, 1.54) is 21.9 Å². The number of hydrogen-bond acceptors (Lipinski definition) is 6. The number of aromatic amines is 2. The smallest absolute Gasteiger partial charge is 0.308 e. The van der Waals surface area contributed by atoms with E-state index in [0.29, 0.717) is 4.96 Å². The zero-order chi connectivity index (χ0) is 15.0. The van der Waals surface area contributed by atoms with Gasteiger partial charge in [0.1, 0.15) is 11.4 Å². The third-order valence-corrected chi connectivity index (χ3v) is 3.37. The summed E-state index contributed by atoms with van der Waals surface area (Å²) in [6.07, 6.45) is 2.65. The Balaban J connectivity index is 2.00. The van der Waals surface area contributed by atoms with Gasteiger partial charge in [-0.15, -0.1) is 11.3 Å². The fourth-order valence-corrected chi connectivity index (χ4v) is 2.38. The SMILES string of the molecule is O=C(Nc1cc(=O)[nH]c(=O)[nH]1)c1cnc2sccn2c1=O. The number of hydrogen-bond donors (Lipinski definition) is 3. The fraction of sp³-hybridized carbons (Fsp3) is 0. The minimum atomic E-state index is -0.769. The van der Waals surface area contributed by atoms with Crippen LogP contribution in [0.5, 0.6) is 0 Å². The van der Waals surface area contributed by atoms with Crippen molar-refractivity contribution in [2.75, 3.05) is 5.32 Å². The number of fused-ring (bicyclic) bond motifs is 1. The van der Waals surface area contributed by atoms with E-state index in [1.54, 1.807) is 5.38 Å². The van der Waals surface area contributed by atoms with Crippen LogP contribution in [-0.2, 0) is 0 Å². The van der Waals surface area contributed by atoms with Gasteiger partial charge in [-0.1, -0.05) is 0 Å². The van der Waals surface area contributed by atoms with E-state index >= 15 is 0 Å². The molecule has 106 valence electrons. The fourth-order valence-electron chi connectivity index (χ4n) is 1.71. The van der Waals surface area contributed by atoms with Crippen molar-refractivity contribution in [2.45, 2.75) is 0 Å². The molecule has 0 aliphatic carbocycles. The molecule has 0 spiro atoms. The van der Waals surface area contributed by atoms with Crippen LogP contribution in [0.25, 0.3) is 4.96 Å². The third kappa shape index (κ3) is 2.39. The molecular weight excluding hydrogens is 298 g/mol. The summed E-state index contributed by atoms with van der Waals surface area (Å²) in [6.45, 7) is 0. The van der Waals surface area contributed by atoms with Crippen molar-refractivity contribution in [2.24, 2.45) is 0 Å². The van der Waals surface area contributed by atoms with Crippen LogP contribution in [0.3, 0.4) is 0 Å². The molecule has 0 saturated carbocycles. The van der Waals surface area contributed by atoms with E-state index < -0.39 is 22.7 Å². The number of aromatic nitrogens is 4. The molecule has 0 saturated heterocycles. The van der Waals surface area contributed by atoms with Gasteiger partial charge in [0.15, 0.2) is 4.96 Å². The van der Waals surface area contributed by atoms with E-state index in [-0.39, 0.29) is 11.4 Å². The molecule has 0 radical (unpaired) electrons. The Morgan fingerprint density at radius 3 is 2.86 bits per heavy atom. The predicted octanol–water partition coefficient (Wildman–Crippen LogP) is -0.615. The van der Waals surface area contributed by atoms with Gasteiger partial charge < -0.3 is 5.32 Å². The molecule has 0 fully saturated rings. The maximum absolute atomic E-state index is 12.1. The molecule has 10 heteroatoms. The lowest BCUT2D eigenvalue weighted by Gasteiger charge is -2.03. The normalized spacial score (nSPS) is 10.7. The lowest BCUT2D eigenvalue weighted by Crippen LogP contribution is -2.28. The first-order chi connectivity index (χ1) is 10.0. The van der Waals surface area contributed by atoms with E-state index in [4.69, 9.17) is 0 Å². The molecule has 0 aliphatic rings. The average Bonchev–Trinajstić information content (AvgIpc) is 2.86. The molecule has 1 amide bonds. The molecule has 3 aromatic heterocycles. The first kappa shape index (κ1) is 13.0. The van der Waals surface area contributed by atoms with Gasteiger partial charge in [-0.05, 0) is 0 Å². The molecule has 3 aromatic rings. The minimum absolute atomic E-state index is 0.108. The van der Waals surface area contributed by atoms with Crippen molar-refractivity contribution in [3.63, 3.8) is 0 Å². The summed E-state index contributed by atoms with van der Waals surface area (Å²) in [7, 11) is 0. The van der Waals surface area contributed by atoms with Crippen LogP contribution in [0.15, 0.2) is 38.2 Å². The summed E-state index contributed by atoms with van der Waals surface area (Å²) >= 11 is 1.26. The van der Waals surface area contributed by atoms with Crippen LogP contribution in [0.1, 0.15) is 10.4 Å². The van der Waals surface area contributed by atoms with Crippen LogP contribution in [0.2, 0.25) is 0 Å². The van der Waals surface area contributed by atoms with Gasteiger partial charge in [-0.3, -0.25) is 28.8 Å². The minimum Gasteiger partial charge on any atom is -0.308 e. The van der Waals surface area contributed by atoms with Crippen molar-refractivity contribution < 1.29 is 4.79 Å². The zero-order valence-electron chi connectivity index (χ0n) is 10.2. The van der Waals surface area contributed by atoms with Crippen molar-refractivity contribution in [1.29, 1.82) is 0 Å². The summed E-state index contributed by atoms with van der Waals surface area (Å²) in [5, 5.41) is 3.94. The highest BCUT2D eigenvalue weighted by atomic mass is 32.1. The number of amides is 1. The lowest BCUT2D eigenvalue weighted by molar-refractivity contribution is 0.102. The summed E-state index contributed by atoms with van der Waals surface area (Å²) in [5.41, 5.74) is -2.17. The second-order valence-electron chi connectivity index (χ2n) is 3.99. The predicted molar refractivity (Wildman–Crippen MR) is 75.0 cm³/mol. The van der Waals surface area contributed by atoms with E-state index in [1.807, 2.05) is 4.98 Å². The largest absolute Gasteiger partial charge is 0.327 e. The van der Waals surface area contributed by atoms with E-state index in [9.17, 15) is 19.2 Å². The number of H-pyrrole nitrogens is 2. The van der Waals surface area contributed by atoms with Gasteiger partial charge >= 0.3 is 5.69 Å². The molecule has 0 atom stereocenters. The summed E-state index contributed by atoms with van der Waals surface area (Å²) in [4.78, 5) is 55.0. The van der Waals surface area contributed by atoms with Crippen LogP contribution in [-0.4, -0.2) is 25.3 Å². The molecule has 0 aliphatic heterocycles. The average molecular weight is 305 g/mol. The molecule has 3 heterocycles. The molecule has 0 aromatic carbocycles. The second kappa shape index (κ2) is 4.83. The number of thiazole rings is 1. The van der Waals surface area contributed by atoms with Crippen molar-refractivity contribution >= 4 is 28.0 Å². The summed E-state index contributed by atoms with van der Waals surface area (Å²) < 4.78 is 1.24. The first-order valence-electron chi connectivity index (χ1n) is 5.64. The second-order valence-corrected chi connectivity index (χ2v) is 4.86. The molecular formula is C11H7N5O4S. The van der Waals surface area contributed by atoms with Crippen LogP contribution in [0, 0.1) is 0 Å². The Kier molecular flexibility index (Phi) is 2.99. The van der Waals surface area contributed by atoms with Gasteiger partial charge in [0, 0.05) is 23.8 Å². The molecule has 0 bridgehead atoms. The first-order valence-corrected chi connectivity index (χ1v) is 6.52. The molecule has 21 heavy (non-hydrogen) atoms. The van der Waals surface area contributed by atoms with Gasteiger partial charge in [0.05, 0.1) is 0 Å². The number of carbonyl (C=O) groups excluding carboxylic acids is 1. The Bertz CT molecular complexity index is 983. The Morgan fingerprint density at radius 2 is 2.10 bits per heavy atom. The van der Waals surface area contributed by atoms with Crippen LogP contribution in [0.4, 0.5) is 5.82 Å². The Morgan fingerprint density at radius 1 is 1.29 bits per heavy atom. The standard InChI is InChI=1S/C11H7N5O4S/c17-7-3-6(14-10(20)15-7)13-8(18)5-4-12-11-16(9(5)19)1-2-21-11/h1-4H,(H3,13,14,15,17,18,20). The number of nitrogens with zero attached hydrogens (tertiary/aromatic N) is 2. The van der Waals surface area contributed by atoms with Crippen molar-refractivity contribution in [3.05, 3.63) is 60.6 Å². The molecule has 3 N–H and O–H groups in total. The number of rotatable bonds is 2. The zero-order valence-corrected chi connectivity index (χ0v) is 11.1. The topological polar surface area (TPSA) is 129 Å². The van der Waals surface area contributed by atoms with Gasteiger partial charge in [0.25, 0.3) is 17.0 Å². The van der Waals surface area contributed by atoms with E-state index in [0.717, 1.165) is 12.3 Å². The lowest BCUT2D eigenvalue weighted by atomic mass is 10.3. The van der Waals surface area contributed by atoms with Gasteiger partial charge in [-0.2, -0.15) is 0 Å². The number of carbonyl (C=O) groups is 1. The van der Waals surface area contributed by atoms with E-state index in [2.05, 4.69) is 15.3 Å². The summed E-state index contributed by atoms with van der Waals surface area (Å²) in [6, 6.07) is 0.994. The Labute approximate surface area is 118 Å². The maximum Gasteiger partial charge on any atom is 0.327 e. The maximum atomic E-state index is 12.1. The Hall–Kier alpha value is -3.01. The van der Waals surface area contributed by atoms with Crippen LogP contribution >= 0.6 is 11.3 Å². The summed E-state index contributed by atoms with van der Waals surface area (Å²) in [5.74, 6) is -0.877. The number of anilines is 1. The van der Waals surface area contributed by atoms with Gasteiger partial charge in [-0.25, -0.2) is 9.78 Å². The highest BCUT2D eigenvalue weighted by Gasteiger charge is 2.14. The number of nitrogens with one attached hydrogen (secondary N) is 3. The monoisotopic (exact) mass is 305 g/mol. The molecule has 0 unspecified atom stereocenters. The van der Waals surface area contributed by atoms with Gasteiger partial charge in [0.2, 0.25) is 0 Å². The van der Waals surface area contributed by atoms with Crippen molar-refractivity contribution in [3.8, 4) is 0 Å². The molecule has 9 nitrogen and oxygen atoms in total. The highest BCUT2D eigenvalue weighted by molar-refractivity contribution is 7.15.